The first-order valence-electron chi connectivity index (χ1n) is 6.82. The number of hydrogen-bond donors (Lipinski definition) is 1. The molecule has 0 aliphatic carbocycles. The van der Waals surface area contributed by atoms with Crippen LogP contribution in [0.2, 0.25) is 0 Å². The van der Waals surface area contributed by atoms with Crippen LogP contribution >= 0.6 is 0 Å². The highest BCUT2D eigenvalue weighted by atomic mass is 16.2. The fraction of sp³-hybridized carbons (Fsp3) is 0.125. The lowest BCUT2D eigenvalue weighted by Crippen LogP contribution is -2.35. The molecule has 0 spiro atoms. The van der Waals surface area contributed by atoms with Crippen molar-refractivity contribution >= 4 is 16.9 Å². The van der Waals surface area contributed by atoms with Gasteiger partial charge in [0.05, 0.1) is 5.39 Å². The van der Waals surface area contributed by atoms with Gasteiger partial charge in [-0.3, -0.25) is 14.2 Å². The van der Waals surface area contributed by atoms with Crippen molar-refractivity contribution in [2.24, 2.45) is 5.73 Å². The highest BCUT2D eigenvalue weighted by molar-refractivity contribution is 5.79. The van der Waals surface area contributed by atoms with Crippen LogP contribution in [0.3, 0.4) is 0 Å². The Morgan fingerprint density at radius 3 is 2.64 bits per heavy atom. The van der Waals surface area contributed by atoms with Crippen molar-refractivity contribution in [3.8, 4) is 0 Å². The van der Waals surface area contributed by atoms with E-state index < -0.39 is 11.9 Å². The van der Waals surface area contributed by atoms with Gasteiger partial charge in [-0.25, -0.2) is 9.97 Å². The van der Waals surface area contributed by atoms with Crippen molar-refractivity contribution in [2.45, 2.75) is 12.5 Å². The summed E-state index contributed by atoms with van der Waals surface area (Å²) in [5.41, 5.74) is 6.44. The molecule has 6 nitrogen and oxygen atoms in total. The minimum absolute atomic E-state index is 0.321. The highest BCUT2D eigenvalue weighted by Crippen LogP contribution is 2.13. The van der Waals surface area contributed by atoms with Crippen molar-refractivity contribution in [1.29, 1.82) is 0 Å². The third kappa shape index (κ3) is 2.58. The fourth-order valence-corrected chi connectivity index (χ4v) is 2.37. The van der Waals surface area contributed by atoms with Gasteiger partial charge in [-0.05, 0) is 17.7 Å². The van der Waals surface area contributed by atoms with E-state index in [1.807, 2.05) is 30.3 Å². The molecule has 6 heteroatoms. The number of pyridine rings is 1. The molecular formula is C16H14N4O2. The van der Waals surface area contributed by atoms with E-state index in [-0.39, 0.29) is 5.56 Å². The average Bonchev–Trinajstić information content (AvgIpc) is 2.54. The number of carbonyl (C=O) groups is 1. The minimum Gasteiger partial charge on any atom is -0.368 e. The van der Waals surface area contributed by atoms with E-state index in [9.17, 15) is 9.59 Å². The monoisotopic (exact) mass is 294 g/mol. The summed E-state index contributed by atoms with van der Waals surface area (Å²) in [7, 11) is 0. The predicted octanol–water partition coefficient (Wildman–Crippen LogP) is 1.06. The lowest BCUT2D eigenvalue weighted by atomic mass is 10.1. The number of aromatic nitrogens is 3. The Hall–Kier alpha value is -3.02. The second kappa shape index (κ2) is 5.77. The second-order valence-corrected chi connectivity index (χ2v) is 4.94. The Kier molecular flexibility index (Phi) is 3.65. The summed E-state index contributed by atoms with van der Waals surface area (Å²) in [6, 6.07) is 11.9. The number of carbonyl (C=O) groups excluding carboxylic acids is 1. The van der Waals surface area contributed by atoms with E-state index in [0.29, 0.717) is 17.5 Å². The first-order valence-corrected chi connectivity index (χ1v) is 6.82. The zero-order valence-electron chi connectivity index (χ0n) is 11.7. The van der Waals surface area contributed by atoms with E-state index >= 15 is 0 Å². The molecule has 0 saturated heterocycles. The van der Waals surface area contributed by atoms with Crippen molar-refractivity contribution < 1.29 is 4.79 Å². The summed E-state index contributed by atoms with van der Waals surface area (Å²) in [6.07, 6.45) is 3.23. The molecule has 0 radical (unpaired) electrons. The van der Waals surface area contributed by atoms with Crippen LogP contribution in [-0.4, -0.2) is 20.4 Å². The largest absolute Gasteiger partial charge is 0.368 e. The predicted molar refractivity (Wildman–Crippen MR) is 82.2 cm³/mol. The maximum absolute atomic E-state index is 12.5. The zero-order valence-corrected chi connectivity index (χ0v) is 11.7. The highest BCUT2D eigenvalue weighted by Gasteiger charge is 2.20. The molecular weight excluding hydrogens is 280 g/mol. The van der Waals surface area contributed by atoms with Gasteiger partial charge in [-0.1, -0.05) is 30.3 Å². The van der Waals surface area contributed by atoms with E-state index in [2.05, 4.69) is 9.97 Å². The Morgan fingerprint density at radius 2 is 1.91 bits per heavy atom. The van der Waals surface area contributed by atoms with E-state index in [0.717, 1.165) is 5.56 Å². The quantitative estimate of drug-likeness (QED) is 0.779. The van der Waals surface area contributed by atoms with Gasteiger partial charge in [0.25, 0.3) is 5.56 Å². The molecule has 22 heavy (non-hydrogen) atoms. The van der Waals surface area contributed by atoms with Gasteiger partial charge in [0, 0.05) is 12.6 Å². The SMILES string of the molecule is NC(=O)[C@H](Cc1ccccc1)n1cnc2ncccc2c1=O. The van der Waals surface area contributed by atoms with E-state index in [4.69, 9.17) is 5.73 Å². The van der Waals surface area contributed by atoms with Gasteiger partial charge in [0.1, 0.15) is 12.4 Å². The van der Waals surface area contributed by atoms with Crippen LogP contribution in [0.15, 0.2) is 59.8 Å². The molecule has 2 N–H and O–H groups in total. The van der Waals surface area contributed by atoms with E-state index in [1.54, 1.807) is 18.3 Å². The molecule has 0 unspecified atom stereocenters. The fourth-order valence-electron chi connectivity index (χ4n) is 2.37. The molecule has 2 aromatic heterocycles. The number of nitrogens with two attached hydrogens (primary N) is 1. The number of hydrogen-bond acceptors (Lipinski definition) is 4. The minimum atomic E-state index is -0.785. The lowest BCUT2D eigenvalue weighted by molar-refractivity contribution is -0.121. The van der Waals surface area contributed by atoms with Crippen LogP contribution in [0.5, 0.6) is 0 Å². The van der Waals surface area contributed by atoms with E-state index in [1.165, 1.54) is 10.9 Å². The molecule has 1 aromatic carbocycles. The first kappa shape index (κ1) is 13.9. The van der Waals surface area contributed by atoms with Gasteiger partial charge in [0.2, 0.25) is 5.91 Å². The van der Waals surface area contributed by atoms with Crippen LogP contribution < -0.4 is 11.3 Å². The van der Waals surface area contributed by atoms with Crippen LogP contribution in [0, 0.1) is 0 Å². The summed E-state index contributed by atoms with van der Waals surface area (Å²) < 4.78 is 1.28. The number of primary amides is 1. The normalized spacial score (nSPS) is 12.2. The summed E-state index contributed by atoms with van der Waals surface area (Å²) in [5.74, 6) is -0.573. The maximum Gasteiger partial charge on any atom is 0.263 e. The van der Waals surface area contributed by atoms with Crippen LogP contribution in [0.1, 0.15) is 11.6 Å². The lowest BCUT2D eigenvalue weighted by Gasteiger charge is -2.16. The molecule has 0 bridgehead atoms. The smallest absolute Gasteiger partial charge is 0.263 e. The summed E-state index contributed by atoms with van der Waals surface area (Å²) in [5, 5.41) is 0.365. The van der Waals surface area contributed by atoms with Gasteiger partial charge in [-0.2, -0.15) is 0 Å². The van der Waals surface area contributed by atoms with Gasteiger partial charge >= 0.3 is 0 Å². The average molecular weight is 294 g/mol. The Morgan fingerprint density at radius 1 is 1.14 bits per heavy atom. The van der Waals surface area contributed by atoms with Gasteiger partial charge in [0.15, 0.2) is 5.65 Å². The summed E-state index contributed by atoms with van der Waals surface area (Å²) in [4.78, 5) is 32.5. The van der Waals surface area contributed by atoms with Gasteiger partial charge < -0.3 is 5.73 Å². The van der Waals surface area contributed by atoms with Crippen LogP contribution in [-0.2, 0) is 11.2 Å². The molecule has 0 saturated carbocycles. The second-order valence-electron chi connectivity index (χ2n) is 4.94. The molecule has 2 heterocycles. The molecule has 0 aliphatic rings. The molecule has 1 amide bonds. The number of amides is 1. The maximum atomic E-state index is 12.5. The van der Waals surface area contributed by atoms with Crippen LogP contribution in [0.4, 0.5) is 0 Å². The number of nitrogens with zero attached hydrogens (tertiary/aromatic N) is 3. The third-order valence-corrected chi connectivity index (χ3v) is 3.49. The number of benzene rings is 1. The van der Waals surface area contributed by atoms with Crippen molar-refractivity contribution in [1.82, 2.24) is 14.5 Å². The summed E-state index contributed by atoms with van der Waals surface area (Å²) in [6.45, 7) is 0. The van der Waals surface area contributed by atoms with Crippen molar-refractivity contribution in [3.63, 3.8) is 0 Å². The molecule has 0 fully saturated rings. The number of fused-ring (bicyclic) bond motifs is 1. The molecule has 0 aliphatic heterocycles. The first-order chi connectivity index (χ1) is 10.7. The molecule has 110 valence electrons. The Bertz CT molecular complexity index is 874. The van der Waals surface area contributed by atoms with Gasteiger partial charge in [-0.15, -0.1) is 0 Å². The van der Waals surface area contributed by atoms with Crippen LogP contribution in [0.25, 0.3) is 11.0 Å². The third-order valence-electron chi connectivity index (χ3n) is 3.49. The van der Waals surface area contributed by atoms with Crippen molar-refractivity contribution in [2.75, 3.05) is 0 Å². The zero-order chi connectivity index (χ0) is 15.5. The van der Waals surface area contributed by atoms with Crippen molar-refractivity contribution in [3.05, 3.63) is 70.9 Å². The molecule has 1 atom stereocenters. The molecule has 3 rings (SSSR count). The molecule has 3 aromatic rings. The Balaban J connectivity index is 2.07. The Labute approximate surface area is 126 Å². The topological polar surface area (TPSA) is 90.9 Å². The number of rotatable bonds is 4. The summed E-state index contributed by atoms with van der Waals surface area (Å²) >= 11 is 0. The standard InChI is InChI=1S/C16H14N4O2/c17-14(21)13(9-11-5-2-1-3-6-11)20-10-19-15-12(16(20)22)7-4-8-18-15/h1-8,10,13H,9H2,(H2,17,21)/t13-/m0/s1.